The van der Waals surface area contributed by atoms with Crippen molar-refractivity contribution in [3.63, 3.8) is 0 Å². The van der Waals surface area contributed by atoms with Gasteiger partial charge in [-0.1, -0.05) is 18.2 Å². The average Bonchev–Trinajstić information content (AvgIpc) is 2.46. The van der Waals surface area contributed by atoms with Gasteiger partial charge in [0.2, 0.25) is 10.0 Å². The molecule has 2 aromatic carbocycles. The molecule has 0 heterocycles. The summed E-state index contributed by atoms with van der Waals surface area (Å²) in [5.41, 5.74) is 0.569. The number of ether oxygens (including phenoxy) is 1. The van der Waals surface area contributed by atoms with Gasteiger partial charge in [0, 0.05) is 18.2 Å². The van der Waals surface area contributed by atoms with Crippen molar-refractivity contribution in [2.45, 2.75) is 25.7 Å². The number of nitro groups is 1. The Balaban J connectivity index is 2.14. The molecule has 0 aliphatic carbocycles. The van der Waals surface area contributed by atoms with Gasteiger partial charge in [0.05, 0.1) is 22.5 Å². The third-order valence-electron chi connectivity index (χ3n) is 2.96. The van der Waals surface area contributed by atoms with Crippen LogP contribution in [0.1, 0.15) is 19.4 Å². The summed E-state index contributed by atoms with van der Waals surface area (Å²) in [4.78, 5) is 10.2. The molecule has 0 bridgehead atoms. The molecule has 0 saturated carbocycles. The second-order valence-electron chi connectivity index (χ2n) is 5.48. The van der Waals surface area contributed by atoms with Crippen LogP contribution in [0.15, 0.2) is 48.5 Å². The molecule has 0 radical (unpaired) electrons. The van der Waals surface area contributed by atoms with Crippen LogP contribution in [-0.2, 0) is 15.8 Å². The highest BCUT2D eigenvalue weighted by molar-refractivity contribution is 7.91. The van der Waals surface area contributed by atoms with E-state index in [2.05, 4.69) is 4.72 Å². The van der Waals surface area contributed by atoms with Crippen molar-refractivity contribution in [3.05, 3.63) is 64.2 Å². The Morgan fingerprint density at radius 1 is 1.17 bits per heavy atom. The fourth-order valence-electron chi connectivity index (χ4n) is 2.10. The summed E-state index contributed by atoms with van der Waals surface area (Å²) in [6.07, 6.45) is -0.0262. The Hall–Kier alpha value is -2.61. The van der Waals surface area contributed by atoms with Crippen molar-refractivity contribution in [1.82, 2.24) is 0 Å². The molecule has 0 unspecified atom stereocenters. The number of hydrogen-bond donors (Lipinski definition) is 1. The Morgan fingerprint density at radius 2 is 1.88 bits per heavy atom. The van der Waals surface area contributed by atoms with Crippen molar-refractivity contribution in [2.75, 3.05) is 4.72 Å². The van der Waals surface area contributed by atoms with E-state index in [1.165, 1.54) is 24.3 Å². The van der Waals surface area contributed by atoms with Crippen LogP contribution in [0, 0.1) is 10.1 Å². The van der Waals surface area contributed by atoms with Gasteiger partial charge in [0.1, 0.15) is 5.75 Å². The predicted molar refractivity (Wildman–Crippen MR) is 91.5 cm³/mol. The molecule has 0 aliphatic heterocycles. The number of hydrogen-bond acceptors (Lipinski definition) is 5. The molecule has 0 aliphatic rings. The normalized spacial score (nSPS) is 11.3. The van der Waals surface area contributed by atoms with Gasteiger partial charge in [0.15, 0.2) is 0 Å². The van der Waals surface area contributed by atoms with E-state index in [0.29, 0.717) is 17.0 Å². The fourth-order valence-corrected chi connectivity index (χ4v) is 3.28. The molecule has 2 aromatic rings. The van der Waals surface area contributed by atoms with Crippen molar-refractivity contribution in [2.24, 2.45) is 0 Å². The monoisotopic (exact) mass is 350 g/mol. The van der Waals surface area contributed by atoms with Crippen LogP contribution in [0.3, 0.4) is 0 Å². The summed E-state index contributed by atoms with van der Waals surface area (Å²) >= 11 is 0. The average molecular weight is 350 g/mol. The molecule has 1 N–H and O–H groups in total. The van der Waals surface area contributed by atoms with Gasteiger partial charge >= 0.3 is 0 Å². The lowest BCUT2D eigenvalue weighted by Gasteiger charge is -2.12. The van der Waals surface area contributed by atoms with Crippen LogP contribution in [0.25, 0.3) is 0 Å². The minimum Gasteiger partial charge on any atom is -0.491 e. The number of non-ortho nitro benzene ring substituents is 1. The number of nitrogens with zero attached hydrogens (tertiary/aromatic N) is 1. The van der Waals surface area contributed by atoms with Gasteiger partial charge in [-0.15, -0.1) is 0 Å². The molecule has 0 fully saturated rings. The Bertz CT molecular complexity index is 834. The maximum Gasteiger partial charge on any atom is 0.269 e. The van der Waals surface area contributed by atoms with Crippen molar-refractivity contribution in [1.29, 1.82) is 0 Å². The molecule has 128 valence electrons. The molecular weight excluding hydrogens is 332 g/mol. The molecule has 0 saturated heterocycles. The molecule has 0 amide bonds. The minimum atomic E-state index is -3.70. The quantitative estimate of drug-likeness (QED) is 0.610. The van der Waals surface area contributed by atoms with Crippen LogP contribution in [-0.4, -0.2) is 19.4 Å². The van der Waals surface area contributed by atoms with E-state index < -0.39 is 14.9 Å². The Labute approximate surface area is 140 Å². The molecule has 0 atom stereocenters. The summed E-state index contributed by atoms with van der Waals surface area (Å²) in [6, 6.07) is 12.2. The number of rotatable bonds is 7. The Kier molecular flexibility index (Phi) is 5.40. The zero-order chi connectivity index (χ0) is 17.7. The second kappa shape index (κ2) is 7.31. The first kappa shape index (κ1) is 17.7. The summed E-state index contributed by atoms with van der Waals surface area (Å²) in [7, 11) is -3.70. The first-order valence-corrected chi connectivity index (χ1v) is 8.91. The van der Waals surface area contributed by atoms with Gasteiger partial charge in [-0.05, 0) is 31.5 Å². The highest BCUT2D eigenvalue weighted by Gasteiger charge is 2.15. The summed E-state index contributed by atoms with van der Waals surface area (Å²) in [6.45, 7) is 3.75. The van der Waals surface area contributed by atoms with E-state index in [-0.39, 0.29) is 17.5 Å². The van der Waals surface area contributed by atoms with Crippen LogP contribution in [0.2, 0.25) is 0 Å². The molecule has 24 heavy (non-hydrogen) atoms. The van der Waals surface area contributed by atoms with Crippen LogP contribution >= 0.6 is 0 Å². The highest BCUT2D eigenvalue weighted by atomic mass is 32.2. The predicted octanol–water partition coefficient (Wildman–Crippen LogP) is 3.32. The lowest BCUT2D eigenvalue weighted by Crippen LogP contribution is -2.15. The zero-order valence-electron chi connectivity index (χ0n) is 13.3. The van der Waals surface area contributed by atoms with Gasteiger partial charge < -0.3 is 4.74 Å². The molecule has 2 rings (SSSR count). The largest absolute Gasteiger partial charge is 0.491 e. The number of nitro benzene ring substituents is 1. The second-order valence-corrected chi connectivity index (χ2v) is 7.20. The number of benzene rings is 2. The van der Waals surface area contributed by atoms with Crippen LogP contribution in [0.5, 0.6) is 5.75 Å². The van der Waals surface area contributed by atoms with Gasteiger partial charge in [-0.2, -0.15) is 0 Å². The topological polar surface area (TPSA) is 98.5 Å². The van der Waals surface area contributed by atoms with E-state index in [1.54, 1.807) is 24.3 Å². The standard InChI is InChI=1S/C16H18N2O5S/c1-12(2)23-16-8-4-6-14(10-16)17-24(21,22)11-13-5-3-7-15(9-13)18(19)20/h3-10,12,17H,11H2,1-2H3. The van der Waals surface area contributed by atoms with Crippen LogP contribution < -0.4 is 9.46 Å². The smallest absolute Gasteiger partial charge is 0.269 e. The third kappa shape index (κ3) is 5.24. The van der Waals surface area contributed by atoms with E-state index >= 15 is 0 Å². The van der Waals surface area contributed by atoms with E-state index in [9.17, 15) is 18.5 Å². The minimum absolute atomic E-state index is 0.0262. The highest BCUT2D eigenvalue weighted by Crippen LogP contribution is 2.21. The maximum atomic E-state index is 12.3. The van der Waals surface area contributed by atoms with E-state index in [1.807, 2.05) is 13.8 Å². The molecule has 7 nitrogen and oxygen atoms in total. The summed E-state index contributed by atoms with van der Waals surface area (Å²) in [5, 5.41) is 10.8. The molecule has 0 aromatic heterocycles. The van der Waals surface area contributed by atoms with Crippen LogP contribution in [0.4, 0.5) is 11.4 Å². The van der Waals surface area contributed by atoms with Gasteiger partial charge in [-0.25, -0.2) is 8.42 Å². The van der Waals surface area contributed by atoms with Crippen molar-refractivity contribution >= 4 is 21.4 Å². The summed E-state index contributed by atoms with van der Waals surface area (Å²) < 4.78 is 32.5. The van der Waals surface area contributed by atoms with Crippen molar-refractivity contribution in [3.8, 4) is 5.75 Å². The van der Waals surface area contributed by atoms with E-state index in [4.69, 9.17) is 4.74 Å². The third-order valence-corrected chi connectivity index (χ3v) is 4.22. The molecule has 8 heteroatoms. The SMILES string of the molecule is CC(C)Oc1cccc(NS(=O)(=O)Cc2cccc([N+](=O)[O-])c2)c1. The fraction of sp³-hybridized carbons (Fsp3) is 0.250. The molecule has 0 spiro atoms. The maximum absolute atomic E-state index is 12.3. The lowest BCUT2D eigenvalue weighted by molar-refractivity contribution is -0.384. The Morgan fingerprint density at radius 3 is 2.54 bits per heavy atom. The molecular formula is C16H18N2O5S. The summed E-state index contributed by atoms with van der Waals surface area (Å²) in [5.74, 6) is 0.199. The first-order valence-electron chi connectivity index (χ1n) is 7.26. The van der Waals surface area contributed by atoms with Crippen molar-refractivity contribution < 1.29 is 18.1 Å². The van der Waals surface area contributed by atoms with E-state index in [0.717, 1.165) is 0 Å². The number of anilines is 1. The zero-order valence-corrected chi connectivity index (χ0v) is 14.1. The first-order chi connectivity index (χ1) is 11.2. The number of sulfonamides is 1. The lowest BCUT2D eigenvalue weighted by atomic mass is 10.2. The van der Waals surface area contributed by atoms with Gasteiger partial charge in [-0.3, -0.25) is 14.8 Å². The number of nitrogens with one attached hydrogen (secondary N) is 1. The van der Waals surface area contributed by atoms with Gasteiger partial charge in [0.25, 0.3) is 5.69 Å².